The Bertz CT molecular complexity index is 568. The summed E-state index contributed by atoms with van der Waals surface area (Å²) in [5, 5.41) is 8.53. The number of nitrogens with zero attached hydrogens (tertiary/aromatic N) is 1. The molecule has 2 rings (SSSR count). The fourth-order valence-corrected chi connectivity index (χ4v) is 1.72. The second-order valence-corrected chi connectivity index (χ2v) is 3.60. The maximum absolute atomic E-state index is 11.6. The lowest BCUT2D eigenvalue weighted by molar-refractivity contribution is -0.137. The van der Waals surface area contributed by atoms with Crippen LogP contribution in [-0.2, 0) is 11.3 Å². The zero-order valence-corrected chi connectivity index (χ0v) is 8.64. The Morgan fingerprint density at radius 2 is 2.12 bits per heavy atom. The van der Waals surface area contributed by atoms with E-state index >= 15 is 0 Å². The Hall–Kier alpha value is -2.04. The lowest BCUT2D eigenvalue weighted by Crippen LogP contribution is -2.17. The molecule has 1 aromatic carbocycles. The number of rotatable bonds is 4. The van der Waals surface area contributed by atoms with Crippen molar-refractivity contribution in [3.8, 4) is 0 Å². The predicted octanol–water partition coefficient (Wildman–Crippen LogP) is 1.19. The monoisotopic (exact) mass is 220 g/mol. The minimum absolute atomic E-state index is 0.0753. The third-order valence-corrected chi connectivity index (χ3v) is 2.45. The van der Waals surface area contributed by atoms with E-state index in [9.17, 15) is 9.59 Å². The fourth-order valence-electron chi connectivity index (χ4n) is 1.72. The molecule has 0 spiro atoms. The number of aromatic amines is 1. The zero-order chi connectivity index (χ0) is 11.5. The summed E-state index contributed by atoms with van der Waals surface area (Å²) in [4.78, 5) is 24.7. The number of aliphatic carboxylic acids is 1. The van der Waals surface area contributed by atoms with E-state index in [0.717, 1.165) is 11.0 Å². The summed E-state index contributed by atoms with van der Waals surface area (Å²) in [5.41, 5.74) is 1.41. The molecule has 0 aliphatic rings. The summed E-state index contributed by atoms with van der Waals surface area (Å²) in [6.45, 7) is 0.426. The normalized spacial score (nSPS) is 10.8. The van der Waals surface area contributed by atoms with Crippen molar-refractivity contribution in [2.24, 2.45) is 0 Å². The summed E-state index contributed by atoms with van der Waals surface area (Å²) in [7, 11) is 0. The molecule has 5 heteroatoms. The maximum Gasteiger partial charge on any atom is 0.326 e. The SMILES string of the molecule is O=C(O)CCCn1c(=O)[nH]c2ccccc21. The first-order chi connectivity index (χ1) is 7.68. The molecule has 2 N–H and O–H groups in total. The maximum atomic E-state index is 11.6. The van der Waals surface area contributed by atoms with Crippen molar-refractivity contribution >= 4 is 17.0 Å². The molecule has 0 amide bonds. The van der Waals surface area contributed by atoms with Gasteiger partial charge in [0.1, 0.15) is 0 Å². The number of benzene rings is 1. The highest BCUT2D eigenvalue weighted by molar-refractivity contribution is 5.74. The van der Waals surface area contributed by atoms with Gasteiger partial charge in [-0.1, -0.05) is 12.1 Å². The van der Waals surface area contributed by atoms with Gasteiger partial charge in [0.15, 0.2) is 0 Å². The van der Waals surface area contributed by atoms with Gasteiger partial charge in [-0.25, -0.2) is 4.79 Å². The van der Waals surface area contributed by atoms with E-state index in [1.165, 1.54) is 0 Å². The Balaban J connectivity index is 2.26. The molecule has 1 heterocycles. The van der Waals surface area contributed by atoms with Crippen molar-refractivity contribution in [1.82, 2.24) is 9.55 Å². The average molecular weight is 220 g/mol. The largest absolute Gasteiger partial charge is 0.481 e. The number of carbonyl (C=O) groups is 1. The van der Waals surface area contributed by atoms with Crippen LogP contribution in [0.2, 0.25) is 0 Å². The molecular formula is C11H12N2O3. The first-order valence-corrected chi connectivity index (χ1v) is 5.08. The number of carboxylic acids is 1. The molecule has 1 aromatic heterocycles. The van der Waals surface area contributed by atoms with Gasteiger partial charge < -0.3 is 10.1 Å². The van der Waals surface area contributed by atoms with Gasteiger partial charge in [-0.3, -0.25) is 9.36 Å². The summed E-state index contributed by atoms with van der Waals surface area (Å²) in [5.74, 6) is -0.840. The van der Waals surface area contributed by atoms with Crippen LogP contribution in [0.1, 0.15) is 12.8 Å². The van der Waals surface area contributed by atoms with E-state index in [0.29, 0.717) is 13.0 Å². The number of hydrogen-bond acceptors (Lipinski definition) is 2. The highest BCUT2D eigenvalue weighted by atomic mass is 16.4. The number of carboxylic acid groups (broad SMARTS) is 1. The van der Waals surface area contributed by atoms with Gasteiger partial charge in [-0.15, -0.1) is 0 Å². The van der Waals surface area contributed by atoms with Gasteiger partial charge in [0.25, 0.3) is 0 Å². The standard InChI is InChI=1S/C11H12N2O3/c14-10(15)6-3-7-13-9-5-2-1-4-8(9)12-11(13)16/h1-2,4-5H,3,6-7H2,(H,12,16)(H,14,15). The van der Waals surface area contributed by atoms with Crippen molar-refractivity contribution in [1.29, 1.82) is 0 Å². The van der Waals surface area contributed by atoms with Crippen LogP contribution in [0.25, 0.3) is 11.0 Å². The lowest BCUT2D eigenvalue weighted by Gasteiger charge is -2.00. The van der Waals surface area contributed by atoms with Crippen molar-refractivity contribution in [2.75, 3.05) is 0 Å². The van der Waals surface area contributed by atoms with E-state index in [-0.39, 0.29) is 12.1 Å². The zero-order valence-electron chi connectivity index (χ0n) is 8.64. The summed E-state index contributed by atoms with van der Waals surface area (Å²) >= 11 is 0. The molecule has 0 unspecified atom stereocenters. The average Bonchev–Trinajstić information content (AvgIpc) is 2.55. The molecule has 2 aromatic rings. The van der Waals surface area contributed by atoms with Crippen LogP contribution in [0.15, 0.2) is 29.1 Å². The second kappa shape index (κ2) is 4.22. The molecule has 5 nitrogen and oxygen atoms in total. The molecule has 0 saturated heterocycles. The number of hydrogen-bond donors (Lipinski definition) is 2. The van der Waals surface area contributed by atoms with Crippen LogP contribution in [-0.4, -0.2) is 20.6 Å². The van der Waals surface area contributed by atoms with Gasteiger partial charge >= 0.3 is 11.7 Å². The van der Waals surface area contributed by atoms with Crippen LogP contribution >= 0.6 is 0 Å². The van der Waals surface area contributed by atoms with Gasteiger partial charge in [-0.05, 0) is 18.6 Å². The number of imidazole rings is 1. The molecule has 0 aliphatic carbocycles. The molecule has 16 heavy (non-hydrogen) atoms. The molecule has 0 atom stereocenters. The number of para-hydroxylation sites is 2. The van der Waals surface area contributed by atoms with E-state index in [1.54, 1.807) is 4.57 Å². The van der Waals surface area contributed by atoms with Crippen molar-refractivity contribution in [3.63, 3.8) is 0 Å². The third kappa shape index (κ3) is 1.98. The smallest absolute Gasteiger partial charge is 0.326 e. The fraction of sp³-hybridized carbons (Fsp3) is 0.273. The molecule has 0 saturated carbocycles. The predicted molar refractivity (Wildman–Crippen MR) is 59.4 cm³/mol. The van der Waals surface area contributed by atoms with E-state index in [4.69, 9.17) is 5.11 Å². The molecule has 84 valence electrons. The van der Waals surface area contributed by atoms with Crippen LogP contribution in [0.4, 0.5) is 0 Å². The molecular weight excluding hydrogens is 208 g/mol. The number of aryl methyl sites for hydroxylation is 1. The minimum Gasteiger partial charge on any atom is -0.481 e. The Morgan fingerprint density at radius 1 is 1.38 bits per heavy atom. The van der Waals surface area contributed by atoms with Gasteiger partial charge in [-0.2, -0.15) is 0 Å². The minimum atomic E-state index is -0.840. The highest BCUT2D eigenvalue weighted by Crippen LogP contribution is 2.09. The van der Waals surface area contributed by atoms with Crippen LogP contribution < -0.4 is 5.69 Å². The number of aromatic nitrogens is 2. The van der Waals surface area contributed by atoms with E-state index < -0.39 is 5.97 Å². The summed E-state index contributed by atoms with van der Waals surface area (Å²) in [6, 6.07) is 7.36. The van der Waals surface area contributed by atoms with E-state index in [1.807, 2.05) is 24.3 Å². The summed E-state index contributed by atoms with van der Waals surface area (Å²) < 4.78 is 1.57. The van der Waals surface area contributed by atoms with Crippen LogP contribution in [0.3, 0.4) is 0 Å². The number of nitrogens with one attached hydrogen (secondary N) is 1. The van der Waals surface area contributed by atoms with Crippen LogP contribution in [0.5, 0.6) is 0 Å². The van der Waals surface area contributed by atoms with Gasteiger partial charge in [0.05, 0.1) is 11.0 Å². The number of H-pyrrole nitrogens is 1. The third-order valence-electron chi connectivity index (χ3n) is 2.45. The van der Waals surface area contributed by atoms with E-state index in [2.05, 4.69) is 4.98 Å². The van der Waals surface area contributed by atoms with Crippen molar-refractivity contribution in [3.05, 3.63) is 34.7 Å². The first kappa shape index (κ1) is 10.5. The van der Waals surface area contributed by atoms with Crippen molar-refractivity contribution < 1.29 is 9.90 Å². The molecule has 0 fully saturated rings. The lowest BCUT2D eigenvalue weighted by atomic mass is 10.3. The Morgan fingerprint density at radius 3 is 2.88 bits per heavy atom. The topological polar surface area (TPSA) is 75.1 Å². The first-order valence-electron chi connectivity index (χ1n) is 5.08. The highest BCUT2D eigenvalue weighted by Gasteiger charge is 2.05. The van der Waals surface area contributed by atoms with Gasteiger partial charge in [0, 0.05) is 13.0 Å². The van der Waals surface area contributed by atoms with Crippen LogP contribution in [0, 0.1) is 0 Å². The summed E-state index contributed by atoms with van der Waals surface area (Å²) in [6.07, 6.45) is 0.531. The second-order valence-electron chi connectivity index (χ2n) is 3.60. The number of fused-ring (bicyclic) bond motifs is 1. The van der Waals surface area contributed by atoms with Crippen molar-refractivity contribution in [2.45, 2.75) is 19.4 Å². The Labute approximate surface area is 91.3 Å². The molecule has 0 radical (unpaired) electrons. The molecule has 0 aliphatic heterocycles. The molecule has 0 bridgehead atoms. The Kier molecular flexibility index (Phi) is 2.76. The quantitative estimate of drug-likeness (QED) is 0.812. The van der Waals surface area contributed by atoms with Gasteiger partial charge in [0.2, 0.25) is 0 Å².